The highest BCUT2D eigenvalue weighted by Gasteiger charge is 2.27. The normalized spacial score (nSPS) is 11.9. The number of carbonyl (C=O) groups excluding carboxylic acids is 2. The molecule has 2 amide bonds. The predicted octanol–water partition coefficient (Wildman–Crippen LogP) is 2.33. The monoisotopic (exact) mass is 483 g/mol. The second kappa shape index (κ2) is 10.8. The van der Waals surface area contributed by atoms with E-state index in [1.54, 1.807) is 24.3 Å². The van der Waals surface area contributed by atoms with E-state index in [1.807, 2.05) is 6.07 Å². The van der Waals surface area contributed by atoms with Gasteiger partial charge < -0.3 is 20.5 Å². The molecule has 0 aliphatic carbocycles. The van der Waals surface area contributed by atoms with Gasteiger partial charge in [-0.05, 0) is 48.4 Å². The van der Waals surface area contributed by atoms with Gasteiger partial charge in [0.1, 0.15) is 6.04 Å². The average Bonchev–Trinajstić information content (AvgIpc) is 2.84. The summed E-state index contributed by atoms with van der Waals surface area (Å²) in [7, 11) is -1.26. The molecule has 0 saturated carbocycles. The van der Waals surface area contributed by atoms with E-state index >= 15 is 0 Å². The lowest BCUT2D eigenvalue weighted by Gasteiger charge is -2.19. The van der Waals surface area contributed by atoms with Crippen LogP contribution < -0.4 is 25.2 Å². The van der Waals surface area contributed by atoms with Crippen LogP contribution in [0.1, 0.15) is 15.9 Å². The fraction of sp³-hybridized carbons (Fsp3) is 0.167. The SMILES string of the molecule is COc1ccc(S(=O)(=O)NC(Cc2ccccc2)C(=O)Nc2ccc(C(N)=O)cc2)cc1OC. The number of methoxy groups -OCH3 is 2. The molecule has 0 fully saturated rings. The Hall–Kier alpha value is -3.89. The van der Waals surface area contributed by atoms with E-state index in [4.69, 9.17) is 15.2 Å². The number of carbonyl (C=O) groups is 2. The summed E-state index contributed by atoms with van der Waals surface area (Å²) in [6.45, 7) is 0. The van der Waals surface area contributed by atoms with Crippen LogP contribution in [-0.4, -0.2) is 40.5 Å². The summed E-state index contributed by atoms with van der Waals surface area (Å²) in [4.78, 5) is 24.3. The average molecular weight is 484 g/mol. The van der Waals surface area contributed by atoms with Crippen molar-refractivity contribution in [1.82, 2.24) is 4.72 Å². The van der Waals surface area contributed by atoms with Crippen LogP contribution >= 0.6 is 0 Å². The van der Waals surface area contributed by atoms with E-state index in [9.17, 15) is 18.0 Å². The van der Waals surface area contributed by atoms with Crippen molar-refractivity contribution in [2.45, 2.75) is 17.4 Å². The number of benzene rings is 3. The van der Waals surface area contributed by atoms with Crippen LogP contribution in [0.2, 0.25) is 0 Å². The van der Waals surface area contributed by atoms with Crippen LogP contribution in [-0.2, 0) is 21.2 Å². The molecule has 4 N–H and O–H groups in total. The number of nitrogens with one attached hydrogen (secondary N) is 2. The second-order valence-corrected chi connectivity index (χ2v) is 9.03. The van der Waals surface area contributed by atoms with Gasteiger partial charge in [-0.3, -0.25) is 9.59 Å². The zero-order valence-electron chi connectivity index (χ0n) is 18.6. The fourth-order valence-corrected chi connectivity index (χ4v) is 4.43. The number of sulfonamides is 1. The first-order valence-corrected chi connectivity index (χ1v) is 11.7. The summed E-state index contributed by atoms with van der Waals surface area (Å²) in [5, 5.41) is 2.68. The number of hydrogen-bond donors (Lipinski definition) is 3. The van der Waals surface area contributed by atoms with E-state index in [0.29, 0.717) is 11.4 Å². The highest BCUT2D eigenvalue weighted by atomic mass is 32.2. The number of ether oxygens (including phenoxy) is 2. The van der Waals surface area contributed by atoms with Crippen molar-refractivity contribution < 1.29 is 27.5 Å². The minimum Gasteiger partial charge on any atom is -0.493 e. The molecular formula is C24H25N3O6S. The summed E-state index contributed by atoms with van der Waals surface area (Å²) in [5.74, 6) is -0.550. The Balaban J connectivity index is 1.87. The number of nitrogens with two attached hydrogens (primary N) is 1. The zero-order valence-corrected chi connectivity index (χ0v) is 19.5. The van der Waals surface area contributed by atoms with Crippen molar-refractivity contribution in [3.63, 3.8) is 0 Å². The van der Waals surface area contributed by atoms with Gasteiger partial charge in [0.05, 0.1) is 19.1 Å². The molecule has 0 spiro atoms. The predicted molar refractivity (Wildman–Crippen MR) is 127 cm³/mol. The fourth-order valence-electron chi connectivity index (χ4n) is 3.22. The number of primary amides is 1. The van der Waals surface area contributed by atoms with Crippen molar-refractivity contribution >= 4 is 27.5 Å². The summed E-state index contributed by atoms with van der Waals surface area (Å²) >= 11 is 0. The highest BCUT2D eigenvalue weighted by molar-refractivity contribution is 7.89. The van der Waals surface area contributed by atoms with Gasteiger partial charge in [0.2, 0.25) is 21.8 Å². The zero-order chi connectivity index (χ0) is 24.7. The largest absolute Gasteiger partial charge is 0.493 e. The number of hydrogen-bond acceptors (Lipinski definition) is 6. The molecule has 0 aliphatic heterocycles. The van der Waals surface area contributed by atoms with E-state index in [1.165, 1.54) is 56.7 Å². The Morgan fingerprint density at radius 3 is 2.15 bits per heavy atom. The molecule has 0 bridgehead atoms. The molecule has 9 nitrogen and oxygen atoms in total. The highest BCUT2D eigenvalue weighted by Crippen LogP contribution is 2.29. The quantitative estimate of drug-likeness (QED) is 0.405. The number of anilines is 1. The van der Waals surface area contributed by atoms with Gasteiger partial charge in [0.25, 0.3) is 0 Å². The summed E-state index contributed by atoms with van der Waals surface area (Å²) in [5.41, 5.74) is 6.68. The van der Waals surface area contributed by atoms with Crippen LogP contribution in [0.4, 0.5) is 5.69 Å². The third kappa shape index (κ3) is 6.12. The van der Waals surface area contributed by atoms with E-state index in [2.05, 4.69) is 10.0 Å². The van der Waals surface area contributed by atoms with Crippen LogP contribution in [0.5, 0.6) is 11.5 Å². The molecule has 178 valence electrons. The molecule has 0 heterocycles. The molecule has 0 aromatic heterocycles. The van der Waals surface area contributed by atoms with Crippen molar-refractivity contribution in [2.75, 3.05) is 19.5 Å². The van der Waals surface area contributed by atoms with Gasteiger partial charge in [-0.15, -0.1) is 0 Å². The maximum atomic E-state index is 13.1. The molecule has 0 aliphatic rings. The third-order valence-corrected chi connectivity index (χ3v) is 6.47. The van der Waals surface area contributed by atoms with Gasteiger partial charge in [-0.2, -0.15) is 4.72 Å². The number of amides is 2. The maximum Gasteiger partial charge on any atom is 0.248 e. The molecular weight excluding hydrogens is 458 g/mol. The molecule has 34 heavy (non-hydrogen) atoms. The summed E-state index contributed by atoms with van der Waals surface area (Å²) in [6, 6.07) is 18.0. The van der Waals surface area contributed by atoms with Crippen LogP contribution in [0.25, 0.3) is 0 Å². The van der Waals surface area contributed by atoms with Crippen LogP contribution in [0.15, 0.2) is 77.7 Å². The molecule has 3 aromatic carbocycles. The van der Waals surface area contributed by atoms with Gasteiger partial charge in [-0.1, -0.05) is 30.3 Å². The molecule has 3 rings (SSSR count). The summed E-state index contributed by atoms with van der Waals surface area (Å²) in [6.07, 6.45) is 0.110. The summed E-state index contributed by atoms with van der Waals surface area (Å²) < 4.78 is 39.1. The molecule has 1 atom stereocenters. The van der Waals surface area contributed by atoms with Crippen molar-refractivity contribution in [1.29, 1.82) is 0 Å². The Morgan fingerprint density at radius 1 is 0.912 bits per heavy atom. The van der Waals surface area contributed by atoms with Crippen molar-refractivity contribution in [3.05, 3.63) is 83.9 Å². The third-order valence-electron chi connectivity index (χ3n) is 5.00. The topological polar surface area (TPSA) is 137 Å². The van der Waals surface area contributed by atoms with Crippen molar-refractivity contribution in [2.24, 2.45) is 5.73 Å². The van der Waals surface area contributed by atoms with Crippen molar-refractivity contribution in [3.8, 4) is 11.5 Å². The smallest absolute Gasteiger partial charge is 0.248 e. The van der Waals surface area contributed by atoms with E-state index in [0.717, 1.165) is 5.56 Å². The first-order chi connectivity index (χ1) is 16.2. The minimum atomic E-state index is -4.10. The lowest BCUT2D eigenvalue weighted by atomic mass is 10.1. The van der Waals surface area contributed by atoms with Gasteiger partial charge >= 0.3 is 0 Å². The molecule has 1 unspecified atom stereocenters. The maximum absolute atomic E-state index is 13.1. The van der Waals surface area contributed by atoms with Gasteiger partial charge in [-0.25, -0.2) is 8.42 Å². The minimum absolute atomic E-state index is 0.0816. The first kappa shape index (κ1) is 24.7. The van der Waals surface area contributed by atoms with E-state index in [-0.39, 0.29) is 22.6 Å². The molecule has 10 heteroatoms. The van der Waals surface area contributed by atoms with Gasteiger partial charge in [0, 0.05) is 17.3 Å². The standard InChI is InChI=1S/C24H25N3O6S/c1-32-21-13-12-19(15-22(21)33-2)34(30,31)27-20(14-16-6-4-3-5-7-16)24(29)26-18-10-8-17(9-11-18)23(25)28/h3-13,15,20,27H,14H2,1-2H3,(H2,25,28)(H,26,29). The lowest BCUT2D eigenvalue weighted by Crippen LogP contribution is -2.45. The Labute approximate surface area is 197 Å². The first-order valence-electron chi connectivity index (χ1n) is 10.2. The Bertz CT molecular complexity index is 1260. The molecule has 0 saturated heterocycles. The molecule has 0 radical (unpaired) electrons. The van der Waals surface area contributed by atoms with Crippen LogP contribution in [0.3, 0.4) is 0 Å². The van der Waals surface area contributed by atoms with E-state index < -0.39 is 27.9 Å². The number of rotatable bonds is 10. The lowest BCUT2D eigenvalue weighted by molar-refractivity contribution is -0.117. The molecule has 3 aromatic rings. The second-order valence-electron chi connectivity index (χ2n) is 7.31. The Kier molecular flexibility index (Phi) is 7.87. The van der Waals surface area contributed by atoms with Crippen LogP contribution in [0, 0.1) is 0 Å². The van der Waals surface area contributed by atoms with Gasteiger partial charge in [0.15, 0.2) is 11.5 Å². The Morgan fingerprint density at radius 2 is 1.56 bits per heavy atom.